The smallest absolute Gasteiger partial charge is 0.0584 e. The number of aliphatic hydroxyl groups excluding tert-OH is 1. The van der Waals surface area contributed by atoms with Crippen LogP contribution in [0.15, 0.2) is 0 Å². The van der Waals surface area contributed by atoms with E-state index in [9.17, 15) is 5.11 Å². The first-order valence-corrected chi connectivity index (χ1v) is 13.2. The third kappa shape index (κ3) is 6.81. The van der Waals surface area contributed by atoms with Crippen molar-refractivity contribution in [1.29, 1.82) is 0 Å². The lowest BCUT2D eigenvalue weighted by molar-refractivity contribution is 0.00454. The van der Waals surface area contributed by atoms with Gasteiger partial charge in [0.05, 0.1) is 6.61 Å². The average Bonchev–Trinajstić information content (AvgIpc) is 2.71. The fraction of sp³-hybridized carbons (Fsp3) is 1.00. The summed E-state index contributed by atoms with van der Waals surface area (Å²) in [5.41, 5.74) is 0.396. The van der Waals surface area contributed by atoms with Gasteiger partial charge in [0.1, 0.15) is 0 Å². The van der Waals surface area contributed by atoms with Crippen LogP contribution in [-0.4, -0.2) is 66.8 Å². The Bertz CT molecular complexity index is 507. The Morgan fingerprint density at radius 2 is 1.87 bits per heavy atom. The SMILES string of the molecule is CC(C)[C@H](CN1CCC(C2CCC(Cl)CC2)C(C)(C)C1)NCC1CCNC(CO)C1. The van der Waals surface area contributed by atoms with Crippen LogP contribution in [0.4, 0.5) is 0 Å². The number of hydrogen-bond acceptors (Lipinski definition) is 4. The van der Waals surface area contributed by atoms with Crippen molar-refractivity contribution < 1.29 is 5.11 Å². The molecule has 4 nitrogen and oxygen atoms in total. The van der Waals surface area contributed by atoms with E-state index in [-0.39, 0.29) is 12.6 Å². The van der Waals surface area contributed by atoms with Gasteiger partial charge in [-0.1, -0.05) is 27.7 Å². The molecule has 3 rings (SSSR count). The zero-order valence-electron chi connectivity index (χ0n) is 20.0. The summed E-state index contributed by atoms with van der Waals surface area (Å²) < 4.78 is 0. The van der Waals surface area contributed by atoms with E-state index in [0.29, 0.717) is 28.7 Å². The minimum absolute atomic E-state index is 0.265. The summed E-state index contributed by atoms with van der Waals surface area (Å²) in [4.78, 5) is 2.74. The molecule has 0 bridgehead atoms. The van der Waals surface area contributed by atoms with Gasteiger partial charge in [-0.2, -0.15) is 0 Å². The molecule has 0 spiro atoms. The number of piperidine rings is 2. The van der Waals surface area contributed by atoms with Gasteiger partial charge >= 0.3 is 0 Å². The van der Waals surface area contributed by atoms with Crippen molar-refractivity contribution in [3.05, 3.63) is 0 Å². The van der Waals surface area contributed by atoms with Crippen molar-refractivity contribution in [3.8, 4) is 0 Å². The molecule has 3 fully saturated rings. The number of halogens is 1. The number of hydrogen-bond donors (Lipinski definition) is 3. The Hall–Kier alpha value is 0.130. The van der Waals surface area contributed by atoms with E-state index in [2.05, 4.69) is 43.2 Å². The van der Waals surface area contributed by atoms with E-state index in [0.717, 1.165) is 37.9 Å². The molecule has 3 aliphatic rings. The van der Waals surface area contributed by atoms with Crippen molar-refractivity contribution in [1.82, 2.24) is 15.5 Å². The maximum Gasteiger partial charge on any atom is 0.0584 e. The molecule has 30 heavy (non-hydrogen) atoms. The Morgan fingerprint density at radius 3 is 2.50 bits per heavy atom. The van der Waals surface area contributed by atoms with Crippen LogP contribution in [0.3, 0.4) is 0 Å². The number of likely N-dealkylation sites (tertiary alicyclic amines) is 1. The van der Waals surface area contributed by atoms with Crippen LogP contribution in [0.25, 0.3) is 0 Å². The molecular formula is C25H48ClN3O. The number of nitrogens with zero attached hydrogens (tertiary/aromatic N) is 1. The van der Waals surface area contributed by atoms with E-state index in [1.54, 1.807) is 0 Å². The van der Waals surface area contributed by atoms with Crippen molar-refractivity contribution in [3.63, 3.8) is 0 Å². The maximum absolute atomic E-state index is 9.47. The predicted octanol–water partition coefficient (Wildman–Crippen LogP) is 4.11. The first-order chi connectivity index (χ1) is 14.3. The molecule has 0 aromatic heterocycles. The lowest BCUT2D eigenvalue weighted by atomic mass is 9.64. The summed E-state index contributed by atoms with van der Waals surface area (Å²) in [6.45, 7) is 15.8. The van der Waals surface area contributed by atoms with Gasteiger partial charge in [-0.3, -0.25) is 0 Å². The second kappa shape index (κ2) is 11.3. The molecular weight excluding hydrogens is 394 g/mol. The van der Waals surface area contributed by atoms with E-state index < -0.39 is 0 Å². The van der Waals surface area contributed by atoms with Crippen molar-refractivity contribution in [2.45, 2.75) is 90.1 Å². The Morgan fingerprint density at radius 1 is 1.13 bits per heavy atom. The van der Waals surface area contributed by atoms with Gasteiger partial charge in [0.2, 0.25) is 0 Å². The second-order valence-electron chi connectivity index (χ2n) is 11.6. The molecule has 1 saturated carbocycles. The quantitative estimate of drug-likeness (QED) is 0.496. The molecule has 1 aliphatic carbocycles. The monoisotopic (exact) mass is 441 g/mol. The molecule has 3 N–H and O–H groups in total. The van der Waals surface area contributed by atoms with Gasteiger partial charge < -0.3 is 20.6 Å². The Balaban J connectivity index is 1.49. The van der Waals surface area contributed by atoms with Gasteiger partial charge in [-0.25, -0.2) is 0 Å². The van der Waals surface area contributed by atoms with Crippen molar-refractivity contribution in [2.75, 3.05) is 39.3 Å². The third-order valence-electron chi connectivity index (χ3n) is 8.41. The lowest BCUT2D eigenvalue weighted by Gasteiger charge is -2.49. The molecule has 0 aromatic carbocycles. The van der Waals surface area contributed by atoms with Crippen LogP contribution in [0.2, 0.25) is 0 Å². The fourth-order valence-electron chi connectivity index (χ4n) is 6.52. The number of nitrogens with one attached hydrogen (secondary N) is 2. The van der Waals surface area contributed by atoms with Crippen LogP contribution < -0.4 is 10.6 Å². The average molecular weight is 442 g/mol. The first kappa shape index (κ1) is 24.8. The minimum Gasteiger partial charge on any atom is -0.395 e. The van der Waals surface area contributed by atoms with E-state index in [1.165, 1.54) is 51.6 Å². The van der Waals surface area contributed by atoms with E-state index >= 15 is 0 Å². The van der Waals surface area contributed by atoms with Gasteiger partial charge in [0.25, 0.3) is 0 Å². The molecule has 0 radical (unpaired) electrons. The summed E-state index contributed by atoms with van der Waals surface area (Å²) in [5, 5.41) is 17.2. The third-order valence-corrected chi connectivity index (χ3v) is 8.85. The Kier molecular flexibility index (Phi) is 9.34. The second-order valence-corrected chi connectivity index (χ2v) is 12.2. The summed E-state index contributed by atoms with van der Waals surface area (Å²) >= 11 is 6.37. The van der Waals surface area contributed by atoms with Crippen LogP contribution in [0.5, 0.6) is 0 Å². The zero-order valence-corrected chi connectivity index (χ0v) is 20.8. The van der Waals surface area contributed by atoms with Gasteiger partial charge in [0.15, 0.2) is 0 Å². The Labute approximate surface area is 190 Å². The largest absolute Gasteiger partial charge is 0.395 e. The molecule has 3 unspecified atom stereocenters. The predicted molar refractivity (Wildman–Crippen MR) is 128 cm³/mol. The number of rotatable bonds is 8. The van der Waals surface area contributed by atoms with Crippen LogP contribution in [0.1, 0.15) is 72.6 Å². The zero-order chi connectivity index (χ0) is 21.7. The molecule has 176 valence electrons. The normalized spacial score (nSPS) is 36.7. The minimum atomic E-state index is 0.265. The van der Waals surface area contributed by atoms with Crippen molar-refractivity contribution in [2.24, 2.45) is 29.1 Å². The summed E-state index contributed by atoms with van der Waals surface area (Å²) in [6.07, 6.45) is 8.77. The van der Waals surface area contributed by atoms with Crippen LogP contribution >= 0.6 is 11.6 Å². The number of aliphatic hydroxyl groups is 1. The molecule has 0 amide bonds. The highest BCUT2D eigenvalue weighted by molar-refractivity contribution is 6.20. The van der Waals surface area contributed by atoms with Gasteiger partial charge in [-0.15, -0.1) is 11.6 Å². The fourth-order valence-corrected chi connectivity index (χ4v) is 6.77. The lowest BCUT2D eigenvalue weighted by Crippen LogP contribution is -2.54. The van der Waals surface area contributed by atoms with E-state index in [1.807, 2.05) is 0 Å². The van der Waals surface area contributed by atoms with Gasteiger partial charge in [-0.05, 0) is 93.7 Å². The topological polar surface area (TPSA) is 47.5 Å². The highest BCUT2D eigenvalue weighted by atomic mass is 35.5. The molecule has 4 atom stereocenters. The highest BCUT2D eigenvalue weighted by Crippen LogP contribution is 2.45. The van der Waals surface area contributed by atoms with Crippen LogP contribution in [-0.2, 0) is 0 Å². The molecule has 2 saturated heterocycles. The van der Waals surface area contributed by atoms with Gasteiger partial charge in [0, 0.05) is 30.6 Å². The summed E-state index contributed by atoms with van der Waals surface area (Å²) in [6, 6.07) is 0.836. The van der Waals surface area contributed by atoms with E-state index in [4.69, 9.17) is 11.6 Å². The standard InChI is InChI=1S/C25H48ClN3O/c1-18(2)24(28-14-19-9-11-27-22(13-19)16-30)15-29-12-10-23(25(3,4)17-29)20-5-7-21(26)8-6-20/h18-24,27-28,30H,5-17H2,1-4H3/t19?,20?,21?,22?,23?,24-/m0/s1. The molecule has 2 heterocycles. The molecule has 2 aliphatic heterocycles. The molecule has 5 heteroatoms. The number of alkyl halides is 1. The molecule has 0 aromatic rings. The summed E-state index contributed by atoms with van der Waals surface area (Å²) in [5.74, 6) is 3.06. The van der Waals surface area contributed by atoms with Crippen molar-refractivity contribution >= 4 is 11.6 Å². The van der Waals surface area contributed by atoms with Crippen LogP contribution in [0, 0.1) is 29.1 Å². The first-order valence-electron chi connectivity index (χ1n) is 12.7. The maximum atomic E-state index is 9.47. The summed E-state index contributed by atoms with van der Waals surface area (Å²) in [7, 11) is 0. The highest BCUT2D eigenvalue weighted by Gasteiger charge is 2.41.